The molecule has 2 aliphatic heterocycles. The number of halogens is 1. The molecule has 0 bridgehead atoms. The minimum atomic E-state index is -0.371. The van der Waals surface area contributed by atoms with Crippen molar-refractivity contribution in [1.29, 1.82) is 0 Å². The van der Waals surface area contributed by atoms with Gasteiger partial charge in [0, 0.05) is 18.5 Å². The molecule has 2 aromatic carbocycles. The second-order valence-electron chi connectivity index (χ2n) is 9.20. The number of esters is 1. The van der Waals surface area contributed by atoms with E-state index in [1.165, 1.54) is 17.1 Å². The maximum Gasteiger partial charge on any atom is 0.310 e. The minimum Gasteiger partial charge on any atom is -0.466 e. The highest BCUT2D eigenvalue weighted by atomic mass is 19.1. The molecule has 4 rings (SSSR count). The number of ether oxygens (including phenoxy) is 1. The molecule has 0 spiro atoms. The van der Waals surface area contributed by atoms with Crippen LogP contribution in [-0.2, 0) is 14.3 Å². The van der Waals surface area contributed by atoms with Crippen molar-refractivity contribution in [3.63, 3.8) is 0 Å². The molecule has 2 atom stereocenters. The number of hydrogen-bond donors (Lipinski definition) is 0. The maximum absolute atomic E-state index is 14.0. The molecule has 34 heavy (non-hydrogen) atoms. The Bertz CT molecular complexity index is 1100. The highest BCUT2D eigenvalue weighted by Crippen LogP contribution is 2.34. The van der Waals surface area contributed by atoms with Crippen LogP contribution in [0.15, 0.2) is 47.6 Å². The maximum atomic E-state index is 14.0. The molecule has 7 heteroatoms. The van der Waals surface area contributed by atoms with Crippen LogP contribution in [0, 0.1) is 25.6 Å². The van der Waals surface area contributed by atoms with Crippen LogP contribution in [0.3, 0.4) is 0 Å². The van der Waals surface area contributed by atoms with Gasteiger partial charge >= 0.3 is 5.97 Å². The summed E-state index contributed by atoms with van der Waals surface area (Å²) < 4.78 is 19.2. The summed E-state index contributed by atoms with van der Waals surface area (Å²) in [6.07, 6.45) is 2.12. The van der Waals surface area contributed by atoms with Crippen molar-refractivity contribution in [2.75, 3.05) is 26.2 Å². The van der Waals surface area contributed by atoms with Gasteiger partial charge < -0.3 is 4.74 Å². The number of aryl methyl sites for hydroxylation is 2. The smallest absolute Gasteiger partial charge is 0.310 e. The van der Waals surface area contributed by atoms with Gasteiger partial charge in [0.05, 0.1) is 30.8 Å². The monoisotopic (exact) mass is 465 g/mol. The van der Waals surface area contributed by atoms with Crippen LogP contribution in [0.4, 0.5) is 4.39 Å². The molecular formula is C27H32FN3O3. The van der Waals surface area contributed by atoms with E-state index in [1.54, 1.807) is 13.0 Å². The van der Waals surface area contributed by atoms with Gasteiger partial charge in [-0.15, -0.1) is 0 Å². The summed E-state index contributed by atoms with van der Waals surface area (Å²) in [5.74, 6) is -0.904. The van der Waals surface area contributed by atoms with Gasteiger partial charge in [-0.2, -0.15) is 5.10 Å². The molecule has 1 amide bonds. The van der Waals surface area contributed by atoms with Crippen LogP contribution in [0.25, 0.3) is 0 Å². The van der Waals surface area contributed by atoms with Gasteiger partial charge in [0.2, 0.25) is 0 Å². The molecule has 2 aromatic rings. The van der Waals surface area contributed by atoms with Crippen LogP contribution in [-0.4, -0.2) is 53.7 Å². The zero-order valence-corrected chi connectivity index (χ0v) is 20.1. The molecule has 0 N–H and O–H groups in total. The number of carbonyl (C=O) groups excluding carboxylic acids is 2. The molecule has 2 aliphatic rings. The number of rotatable bonds is 6. The first kappa shape index (κ1) is 24.1. The second kappa shape index (κ2) is 10.5. The predicted molar refractivity (Wildman–Crippen MR) is 129 cm³/mol. The fraction of sp³-hybridized carbons (Fsp3) is 0.444. The zero-order valence-electron chi connectivity index (χ0n) is 20.1. The third-order valence-electron chi connectivity index (χ3n) is 6.58. The summed E-state index contributed by atoms with van der Waals surface area (Å²) in [7, 11) is 0. The average molecular weight is 466 g/mol. The van der Waals surface area contributed by atoms with Crippen molar-refractivity contribution in [3.05, 3.63) is 70.5 Å². The molecule has 0 saturated carbocycles. The summed E-state index contributed by atoms with van der Waals surface area (Å²) in [5, 5.41) is 6.26. The molecule has 6 nitrogen and oxygen atoms in total. The Kier molecular flexibility index (Phi) is 7.41. The Hall–Kier alpha value is -3.06. The SMILES string of the molecule is CCOC(=O)[C@H]1CCCN(CC(=O)N2N=C(c3ccc(C)cc3C)C[C@H]2c2cccc(F)c2)C1. The van der Waals surface area contributed by atoms with Crippen LogP contribution >= 0.6 is 0 Å². The Balaban J connectivity index is 1.57. The molecule has 0 radical (unpaired) electrons. The molecule has 0 unspecified atom stereocenters. The summed E-state index contributed by atoms with van der Waals surface area (Å²) >= 11 is 0. The fourth-order valence-corrected chi connectivity index (χ4v) is 4.93. The van der Waals surface area contributed by atoms with E-state index in [2.05, 4.69) is 6.07 Å². The van der Waals surface area contributed by atoms with Crippen molar-refractivity contribution in [2.45, 2.75) is 46.1 Å². The van der Waals surface area contributed by atoms with E-state index < -0.39 is 0 Å². The van der Waals surface area contributed by atoms with E-state index in [0.29, 0.717) is 19.6 Å². The molecule has 0 aliphatic carbocycles. The summed E-state index contributed by atoms with van der Waals surface area (Å²) in [5.41, 5.74) is 4.81. The van der Waals surface area contributed by atoms with Crippen molar-refractivity contribution in [3.8, 4) is 0 Å². The number of benzene rings is 2. The number of amides is 1. The van der Waals surface area contributed by atoms with Crippen LogP contribution < -0.4 is 0 Å². The molecule has 1 fully saturated rings. The van der Waals surface area contributed by atoms with Crippen molar-refractivity contribution >= 4 is 17.6 Å². The number of likely N-dealkylation sites (tertiary alicyclic amines) is 1. The number of nitrogens with zero attached hydrogens (tertiary/aromatic N) is 3. The van der Waals surface area contributed by atoms with Gasteiger partial charge in [-0.25, -0.2) is 9.40 Å². The van der Waals surface area contributed by atoms with Crippen LogP contribution in [0.2, 0.25) is 0 Å². The third-order valence-corrected chi connectivity index (χ3v) is 6.58. The number of hydrogen-bond acceptors (Lipinski definition) is 5. The van der Waals surface area contributed by atoms with E-state index in [9.17, 15) is 14.0 Å². The molecule has 0 aromatic heterocycles. The van der Waals surface area contributed by atoms with Crippen LogP contribution in [0.1, 0.15) is 54.5 Å². The topological polar surface area (TPSA) is 62.2 Å². The van der Waals surface area contributed by atoms with Gasteiger partial charge in [-0.05, 0) is 63.4 Å². The lowest BCUT2D eigenvalue weighted by Crippen LogP contribution is -2.44. The van der Waals surface area contributed by atoms with Crippen molar-refractivity contribution in [2.24, 2.45) is 11.0 Å². The summed E-state index contributed by atoms with van der Waals surface area (Å²) in [6.45, 7) is 7.63. The largest absolute Gasteiger partial charge is 0.466 e. The van der Waals surface area contributed by atoms with Gasteiger partial charge in [0.1, 0.15) is 5.82 Å². The van der Waals surface area contributed by atoms with E-state index in [1.807, 2.05) is 36.9 Å². The molecular weight excluding hydrogens is 433 g/mol. The first-order chi connectivity index (χ1) is 16.4. The summed E-state index contributed by atoms with van der Waals surface area (Å²) in [4.78, 5) is 27.7. The van der Waals surface area contributed by atoms with Crippen molar-refractivity contribution < 1.29 is 18.7 Å². The van der Waals surface area contributed by atoms with E-state index in [0.717, 1.165) is 47.4 Å². The lowest BCUT2D eigenvalue weighted by Gasteiger charge is -2.32. The van der Waals surface area contributed by atoms with Crippen LogP contribution in [0.5, 0.6) is 0 Å². The Labute approximate surface area is 200 Å². The highest BCUT2D eigenvalue weighted by Gasteiger charge is 2.35. The molecule has 2 heterocycles. The van der Waals surface area contributed by atoms with Gasteiger partial charge in [-0.1, -0.05) is 35.9 Å². The Morgan fingerprint density at radius 2 is 2.00 bits per heavy atom. The first-order valence-electron chi connectivity index (χ1n) is 12.0. The van der Waals surface area contributed by atoms with Crippen molar-refractivity contribution in [1.82, 2.24) is 9.91 Å². The van der Waals surface area contributed by atoms with E-state index in [-0.39, 0.29) is 36.2 Å². The quantitative estimate of drug-likeness (QED) is 0.594. The number of hydrazone groups is 1. The van der Waals surface area contributed by atoms with E-state index in [4.69, 9.17) is 9.84 Å². The highest BCUT2D eigenvalue weighted by molar-refractivity contribution is 6.04. The van der Waals surface area contributed by atoms with Gasteiger partial charge in [0.25, 0.3) is 5.91 Å². The van der Waals surface area contributed by atoms with Gasteiger partial charge in [0.15, 0.2) is 0 Å². The third kappa shape index (κ3) is 5.36. The number of piperidine rings is 1. The number of carbonyl (C=O) groups is 2. The molecule has 1 saturated heterocycles. The normalized spacial score (nSPS) is 20.8. The standard InChI is InChI=1S/C27H32FN3O3/c1-4-34-27(33)21-8-6-12-30(16-21)17-26(32)31-25(20-7-5-9-22(28)14-20)15-24(29-31)23-11-10-18(2)13-19(23)3/h5,7,9-11,13-14,21,25H,4,6,8,12,15-17H2,1-3H3/t21-,25-/m0/s1. The minimum absolute atomic E-state index is 0.154. The predicted octanol–water partition coefficient (Wildman–Crippen LogP) is 4.40. The zero-order chi connectivity index (χ0) is 24.2. The molecule has 180 valence electrons. The lowest BCUT2D eigenvalue weighted by molar-refractivity contribution is -0.150. The summed E-state index contributed by atoms with van der Waals surface area (Å²) in [6, 6.07) is 12.2. The second-order valence-corrected chi connectivity index (χ2v) is 9.20. The Morgan fingerprint density at radius 3 is 2.74 bits per heavy atom. The first-order valence-corrected chi connectivity index (χ1v) is 12.0. The fourth-order valence-electron chi connectivity index (χ4n) is 4.93. The van der Waals surface area contributed by atoms with Gasteiger partial charge in [-0.3, -0.25) is 14.5 Å². The van der Waals surface area contributed by atoms with E-state index >= 15 is 0 Å². The lowest BCUT2D eigenvalue weighted by atomic mass is 9.95. The average Bonchev–Trinajstić information content (AvgIpc) is 3.25. The Morgan fingerprint density at radius 1 is 1.18 bits per heavy atom.